The topological polar surface area (TPSA) is 37.8 Å². The standard InChI is InChI=1S/C10H13N3S/c1-14-10-11-5-7-8-3-2-6(12-8)4-9(7)13-10/h5-6,8,12H,2-4H2,1H3. The fourth-order valence-electron chi connectivity index (χ4n) is 2.42. The summed E-state index contributed by atoms with van der Waals surface area (Å²) in [5.74, 6) is 0. The van der Waals surface area contributed by atoms with Gasteiger partial charge >= 0.3 is 0 Å². The molecule has 2 aliphatic heterocycles. The van der Waals surface area contributed by atoms with Gasteiger partial charge in [0.1, 0.15) is 0 Å². The van der Waals surface area contributed by atoms with E-state index < -0.39 is 0 Å². The van der Waals surface area contributed by atoms with E-state index in [-0.39, 0.29) is 0 Å². The van der Waals surface area contributed by atoms with Gasteiger partial charge in [-0.1, -0.05) is 11.8 Å². The molecule has 2 unspecified atom stereocenters. The Labute approximate surface area is 87.7 Å². The lowest BCUT2D eigenvalue weighted by molar-refractivity contribution is 0.499. The highest BCUT2D eigenvalue weighted by molar-refractivity contribution is 7.98. The minimum absolute atomic E-state index is 0.527. The quantitative estimate of drug-likeness (QED) is 0.560. The van der Waals surface area contributed by atoms with E-state index in [9.17, 15) is 0 Å². The summed E-state index contributed by atoms with van der Waals surface area (Å²) in [4.78, 5) is 8.92. The zero-order valence-electron chi connectivity index (χ0n) is 8.16. The maximum Gasteiger partial charge on any atom is 0.187 e. The van der Waals surface area contributed by atoms with Crippen molar-refractivity contribution in [2.45, 2.75) is 36.5 Å². The fourth-order valence-corrected chi connectivity index (χ4v) is 2.78. The van der Waals surface area contributed by atoms with E-state index in [4.69, 9.17) is 0 Å². The van der Waals surface area contributed by atoms with Gasteiger partial charge in [0.2, 0.25) is 0 Å². The molecule has 0 aromatic carbocycles. The van der Waals surface area contributed by atoms with Crippen LogP contribution in [0.3, 0.4) is 0 Å². The van der Waals surface area contributed by atoms with Gasteiger partial charge in [0.15, 0.2) is 5.16 Å². The van der Waals surface area contributed by atoms with Gasteiger partial charge in [-0.05, 0) is 19.1 Å². The van der Waals surface area contributed by atoms with E-state index in [0.717, 1.165) is 11.6 Å². The van der Waals surface area contributed by atoms with Gasteiger partial charge in [-0.15, -0.1) is 0 Å². The third-order valence-corrected chi connectivity index (χ3v) is 3.68. The Hall–Kier alpha value is -0.610. The second-order valence-corrected chi connectivity index (χ2v) is 4.73. The van der Waals surface area contributed by atoms with Gasteiger partial charge in [-0.3, -0.25) is 0 Å². The second kappa shape index (κ2) is 3.21. The second-order valence-electron chi connectivity index (χ2n) is 3.96. The average molecular weight is 207 g/mol. The molecule has 4 heteroatoms. The highest BCUT2D eigenvalue weighted by atomic mass is 32.2. The number of fused-ring (bicyclic) bond motifs is 4. The highest BCUT2D eigenvalue weighted by Gasteiger charge is 2.33. The van der Waals surface area contributed by atoms with Crippen LogP contribution in [0.25, 0.3) is 0 Å². The molecule has 0 radical (unpaired) electrons. The average Bonchev–Trinajstić information content (AvgIpc) is 2.61. The first-order chi connectivity index (χ1) is 6.86. The van der Waals surface area contributed by atoms with Crippen molar-refractivity contribution in [1.29, 1.82) is 0 Å². The number of thioether (sulfide) groups is 1. The summed E-state index contributed by atoms with van der Waals surface area (Å²) in [6.07, 6.45) is 7.65. The number of hydrogen-bond donors (Lipinski definition) is 1. The third-order valence-electron chi connectivity index (χ3n) is 3.12. The molecule has 0 aliphatic carbocycles. The smallest absolute Gasteiger partial charge is 0.187 e. The summed E-state index contributed by atoms with van der Waals surface area (Å²) in [6.45, 7) is 0. The molecule has 0 spiro atoms. The summed E-state index contributed by atoms with van der Waals surface area (Å²) in [5, 5.41) is 4.50. The van der Waals surface area contributed by atoms with E-state index in [1.165, 1.54) is 24.1 Å². The Balaban J connectivity index is 2.05. The predicted octanol–water partition coefficient (Wildman–Crippen LogP) is 1.55. The lowest BCUT2D eigenvalue weighted by Gasteiger charge is -2.23. The maximum atomic E-state index is 4.58. The Kier molecular flexibility index (Phi) is 1.99. The molecular formula is C10H13N3S. The monoisotopic (exact) mass is 207 g/mol. The molecule has 1 aromatic rings. The van der Waals surface area contributed by atoms with Crippen LogP contribution in [0.1, 0.15) is 30.1 Å². The molecule has 2 bridgehead atoms. The fraction of sp³-hybridized carbons (Fsp3) is 0.600. The first-order valence-corrected chi connectivity index (χ1v) is 6.25. The first-order valence-electron chi connectivity index (χ1n) is 5.02. The van der Waals surface area contributed by atoms with Gasteiger partial charge in [0.25, 0.3) is 0 Å². The van der Waals surface area contributed by atoms with Gasteiger partial charge in [0, 0.05) is 30.3 Å². The molecule has 3 nitrogen and oxygen atoms in total. The van der Waals surface area contributed by atoms with Crippen molar-refractivity contribution in [2.75, 3.05) is 6.26 Å². The molecular weight excluding hydrogens is 194 g/mol. The molecule has 14 heavy (non-hydrogen) atoms. The van der Waals surface area contributed by atoms with Gasteiger partial charge < -0.3 is 5.32 Å². The van der Waals surface area contributed by atoms with Crippen LogP contribution in [0.15, 0.2) is 11.4 Å². The van der Waals surface area contributed by atoms with Crippen LogP contribution in [0, 0.1) is 0 Å². The number of nitrogens with zero attached hydrogens (tertiary/aromatic N) is 2. The molecule has 74 valence electrons. The van der Waals surface area contributed by atoms with Gasteiger partial charge in [-0.2, -0.15) is 0 Å². The molecule has 1 fully saturated rings. The van der Waals surface area contributed by atoms with Crippen molar-refractivity contribution in [3.8, 4) is 0 Å². The predicted molar refractivity (Wildman–Crippen MR) is 56.4 cm³/mol. The SMILES string of the molecule is CSc1ncc2c(n1)CC1CCC2N1. The number of nitrogens with one attached hydrogen (secondary N) is 1. The molecule has 3 heterocycles. The summed E-state index contributed by atoms with van der Waals surface area (Å²) in [5.41, 5.74) is 2.60. The molecule has 2 aliphatic rings. The zero-order chi connectivity index (χ0) is 9.54. The minimum atomic E-state index is 0.527. The Morgan fingerprint density at radius 3 is 3.29 bits per heavy atom. The number of rotatable bonds is 1. The number of aromatic nitrogens is 2. The molecule has 2 atom stereocenters. The van der Waals surface area contributed by atoms with Crippen LogP contribution < -0.4 is 5.32 Å². The van der Waals surface area contributed by atoms with Crippen molar-refractivity contribution in [1.82, 2.24) is 15.3 Å². The Morgan fingerprint density at radius 1 is 1.50 bits per heavy atom. The summed E-state index contributed by atoms with van der Waals surface area (Å²) < 4.78 is 0. The lowest BCUT2D eigenvalue weighted by atomic mass is 10.0. The molecule has 1 aromatic heterocycles. The Bertz CT molecular complexity index is 366. The number of hydrogen-bond acceptors (Lipinski definition) is 4. The molecule has 3 rings (SSSR count). The van der Waals surface area contributed by atoms with Crippen molar-refractivity contribution in [2.24, 2.45) is 0 Å². The third kappa shape index (κ3) is 1.25. The van der Waals surface area contributed by atoms with Crippen LogP contribution >= 0.6 is 11.8 Å². The van der Waals surface area contributed by atoms with Crippen molar-refractivity contribution in [3.63, 3.8) is 0 Å². The minimum Gasteiger partial charge on any atom is -0.307 e. The van der Waals surface area contributed by atoms with Crippen LogP contribution in [0.2, 0.25) is 0 Å². The summed E-state index contributed by atoms with van der Waals surface area (Å²) in [6, 6.07) is 1.19. The first kappa shape index (κ1) is 8.68. The van der Waals surface area contributed by atoms with E-state index >= 15 is 0 Å². The van der Waals surface area contributed by atoms with Gasteiger partial charge in [0.05, 0.1) is 5.69 Å². The van der Waals surface area contributed by atoms with E-state index in [1.807, 2.05) is 12.5 Å². The van der Waals surface area contributed by atoms with Crippen LogP contribution in [-0.2, 0) is 6.42 Å². The Morgan fingerprint density at radius 2 is 2.43 bits per heavy atom. The van der Waals surface area contributed by atoms with Crippen molar-refractivity contribution < 1.29 is 0 Å². The van der Waals surface area contributed by atoms with Crippen LogP contribution in [0.4, 0.5) is 0 Å². The summed E-state index contributed by atoms with van der Waals surface area (Å²) >= 11 is 1.62. The molecule has 0 amide bonds. The van der Waals surface area contributed by atoms with E-state index in [0.29, 0.717) is 12.1 Å². The molecule has 1 N–H and O–H groups in total. The normalized spacial score (nSPS) is 28.9. The maximum absolute atomic E-state index is 4.58. The van der Waals surface area contributed by atoms with Crippen LogP contribution in [0.5, 0.6) is 0 Å². The lowest BCUT2D eigenvalue weighted by Crippen LogP contribution is -2.32. The van der Waals surface area contributed by atoms with Crippen molar-refractivity contribution >= 4 is 11.8 Å². The van der Waals surface area contributed by atoms with E-state index in [2.05, 4.69) is 15.3 Å². The largest absolute Gasteiger partial charge is 0.307 e. The van der Waals surface area contributed by atoms with Crippen molar-refractivity contribution in [3.05, 3.63) is 17.5 Å². The zero-order valence-corrected chi connectivity index (χ0v) is 8.97. The summed E-state index contributed by atoms with van der Waals surface area (Å²) in [7, 11) is 0. The van der Waals surface area contributed by atoms with Gasteiger partial charge in [-0.25, -0.2) is 9.97 Å². The molecule has 0 saturated carbocycles. The molecule has 1 saturated heterocycles. The highest BCUT2D eigenvalue weighted by Crippen LogP contribution is 2.34. The van der Waals surface area contributed by atoms with E-state index in [1.54, 1.807) is 11.8 Å². The van der Waals surface area contributed by atoms with Crippen LogP contribution in [-0.4, -0.2) is 22.3 Å².